The summed E-state index contributed by atoms with van der Waals surface area (Å²) in [4.78, 5) is 10.2. The van der Waals surface area contributed by atoms with Crippen LogP contribution in [0, 0.1) is 5.92 Å². The van der Waals surface area contributed by atoms with Gasteiger partial charge in [-0.15, -0.1) is 0 Å². The van der Waals surface area contributed by atoms with Crippen LogP contribution in [0.2, 0.25) is 0 Å². The van der Waals surface area contributed by atoms with E-state index in [-0.39, 0.29) is 6.42 Å². The molecule has 0 bridgehead atoms. The number of carboxylic acids is 1. The van der Waals surface area contributed by atoms with Crippen molar-refractivity contribution in [1.29, 1.82) is 0 Å². The number of carbonyl (C=O) groups is 1. The zero-order chi connectivity index (χ0) is 8.81. The van der Waals surface area contributed by atoms with E-state index in [1.54, 1.807) is 6.08 Å². The zero-order valence-corrected chi connectivity index (χ0v) is 7.85. The molecule has 0 aromatic carbocycles. The maximum Gasteiger partial charge on any atom is 0.307 e. The smallest absolute Gasteiger partial charge is 0.307 e. The Morgan fingerprint density at radius 1 is 1.67 bits per heavy atom. The molecule has 0 saturated carbocycles. The lowest BCUT2D eigenvalue weighted by molar-refractivity contribution is -0.136. The van der Waals surface area contributed by atoms with Gasteiger partial charge in [0.2, 0.25) is 0 Å². The molecule has 0 spiro atoms. The Morgan fingerprint density at radius 3 is 3.08 bits per heavy atom. The summed E-state index contributed by atoms with van der Waals surface area (Å²) >= 11 is 1.96. The molecule has 2 nitrogen and oxygen atoms in total. The molecule has 3 heteroatoms. The third-order valence-corrected chi connectivity index (χ3v) is 3.14. The fourth-order valence-electron chi connectivity index (χ4n) is 1.28. The third-order valence-electron chi connectivity index (χ3n) is 1.90. The van der Waals surface area contributed by atoms with E-state index in [9.17, 15) is 4.79 Å². The van der Waals surface area contributed by atoms with Crippen LogP contribution in [0.1, 0.15) is 19.3 Å². The van der Waals surface area contributed by atoms with Crippen molar-refractivity contribution in [1.82, 2.24) is 0 Å². The van der Waals surface area contributed by atoms with E-state index in [0.717, 1.165) is 5.75 Å². The maximum absolute atomic E-state index is 10.2. The van der Waals surface area contributed by atoms with Gasteiger partial charge in [-0.2, -0.15) is 11.8 Å². The van der Waals surface area contributed by atoms with Crippen molar-refractivity contribution in [3.63, 3.8) is 0 Å². The first-order chi connectivity index (χ1) is 5.79. The second-order valence-electron chi connectivity index (χ2n) is 3.00. The summed E-state index contributed by atoms with van der Waals surface area (Å²) in [5.41, 5.74) is 0. The summed E-state index contributed by atoms with van der Waals surface area (Å²) in [6.45, 7) is 0. The highest BCUT2D eigenvalue weighted by Gasteiger charge is 2.09. The second-order valence-corrected chi connectivity index (χ2v) is 4.15. The first-order valence-corrected chi connectivity index (χ1v) is 5.40. The molecule has 1 aliphatic heterocycles. The van der Waals surface area contributed by atoms with Gasteiger partial charge in [0.1, 0.15) is 0 Å². The van der Waals surface area contributed by atoms with E-state index in [4.69, 9.17) is 5.11 Å². The van der Waals surface area contributed by atoms with Crippen LogP contribution in [0.15, 0.2) is 12.2 Å². The second kappa shape index (κ2) is 5.25. The van der Waals surface area contributed by atoms with Crippen molar-refractivity contribution in [2.45, 2.75) is 19.3 Å². The molecule has 1 heterocycles. The highest BCUT2D eigenvalue weighted by Crippen LogP contribution is 2.23. The molecular weight excluding hydrogens is 172 g/mol. The van der Waals surface area contributed by atoms with Gasteiger partial charge in [0, 0.05) is 0 Å². The summed E-state index contributed by atoms with van der Waals surface area (Å²) in [7, 11) is 0. The molecular formula is C9H14O2S. The van der Waals surface area contributed by atoms with Crippen LogP contribution in [-0.4, -0.2) is 22.6 Å². The van der Waals surface area contributed by atoms with Crippen LogP contribution in [-0.2, 0) is 4.79 Å². The van der Waals surface area contributed by atoms with Crippen molar-refractivity contribution in [3.8, 4) is 0 Å². The van der Waals surface area contributed by atoms with Crippen LogP contribution in [0.5, 0.6) is 0 Å². The van der Waals surface area contributed by atoms with Gasteiger partial charge in [-0.05, 0) is 30.3 Å². The Bertz CT molecular complexity index is 171. The van der Waals surface area contributed by atoms with Crippen LogP contribution < -0.4 is 0 Å². The molecule has 1 aliphatic rings. The van der Waals surface area contributed by atoms with E-state index in [1.165, 1.54) is 18.6 Å². The summed E-state index contributed by atoms with van der Waals surface area (Å²) in [6.07, 6.45) is 6.50. The lowest BCUT2D eigenvalue weighted by atomic mass is 10.0. The summed E-state index contributed by atoms with van der Waals surface area (Å²) in [5.74, 6) is 2.30. The van der Waals surface area contributed by atoms with Gasteiger partial charge in [-0.3, -0.25) is 4.79 Å². The van der Waals surface area contributed by atoms with Crippen LogP contribution >= 0.6 is 11.8 Å². The molecule has 0 aromatic heterocycles. The SMILES string of the molecule is O=C(O)C/C=C\C1CCCSC1. The van der Waals surface area contributed by atoms with Crippen LogP contribution in [0.25, 0.3) is 0 Å². The van der Waals surface area contributed by atoms with E-state index in [0.29, 0.717) is 5.92 Å². The minimum absolute atomic E-state index is 0.168. The topological polar surface area (TPSA) is 37.3 Å². The van der Waals surface area contributed by atoms with E-state index >= 15 is 0 Å². The van der Waals surface area contributed by atoms with Crippen molar-refractivity contribution >= 4 is 17.7 Å². The summed E-state index contributed by atoms with van der Waals surface area (Å²) in [6, 6.07) is 0. The number of carboxylic acid groups (broad SMARTS) is 1. The van der Waals surface area contributed by atoms with Crippen LogP contribution in [0.3, 0.4) is 0 Å². The minimum atomic E-state index is -0.741. The number of rotatable bonds is 3. The van der Waals surface area contributed by atoms with Crippen molar-refractivity contribution in [2.75, 3.05) is 11.5 Å². The van der Waals surface area contributed by atoms with E-state index in [2.05, 4.69) is 6.08 Å². The average molecular weight is 186 g/mol. The quantitative estimate of drug-likeness (QED) is 0.686. The molecule has 0 amide bonds. The maximum atomic E-state index is 10.2. The molecule has 68 valence electrons. The molecule has 1 atom stereocenters. The fraction of sp³-hybridized carbons (Fsp3) is 0.667. The molecule has 1 saturated heterocycles. The number of hydrogen-bond acceptors (Lipinski definition) is 2. The summed E-state index contributed by atoms with van der Waals surface area (Å²) < 4.78 is 0. The molecule has 1 unspecified atom stereocenters. The molecule has 1 fully saturated rings. The van der Waals surface area contributed by atoms with E-state index in [1.807, 2.05) is 11.8 Å². The van der Waals surface area contributed by atoms with Crippen molar-refractivity contribution in [2.24, 2.45) is 5.92 Å². The van der Waals surface area contributed by atoms with Gasteiger partial charge >= 0.3 is 5.97 Å². The van der Waals surface area contributed by atoms with Gasteiger partial charge in [-0.25, -0.2) is 0 Å². The lowest BCUT2D eigenvalue weighted by Crippen LogP contribution is -2.07. The Balaban J connectivity index is 2.19. The number of thioether (sulfide) groups is 1. The van der Waals surface area contributed by atoms with Crippen molar-refractivity contribution in [3.05, 3.63) is 12.2 Å². The highest BCUT2D eigenvalue weighted by molar-refractivity contribution is 7.99. The predicted molar refractivity (Wildman–Crippen MR) is 51.4 cm³/mol. The monoisotopic (exact) mass is 186 g/mol. The molecule has 1 N–H and O–H groups in total. The largest absolute Gasteiger partial charge is 0.481 e. The van der Waals surface area contributed by atoms with Gasteiger partial charge in [0.15, 0.2) is 0 Å². The standard InChI is InChI=1S/C9H14O2S/c10-9(11)5-1-3-8-4-2-6-12-7-8/h1,3,8H,2,4-7H2,(H,10,11)/b3-1-. The normalized spacial score (nSPS) is 24.5. The fourth-order valence-corrected chi connectivity index (χ4v) is 2.40. The Kier molecular flexibility index (Phi) is 4.22. The van der Waals surface area contributed by atoms with Gasteiger partial charge < -0.3 is 5.11 Å². The number of aliphatic carboxylic acids is 1. The number of allylic oxidation sites excluding steroid dienone is 1. The van der Waals surface area contributed by atoms with Crippen LogP contribution in [0.4, 0.5) is 0 Å². The minimum Gasteiger partial charge on any atom is -0.481 e. The molecule has 0 radical (unpaired) electrons. The Labute approximate surface area is 77.0 Å². The first-order valence-electron chi connectivity index (χ1n) is 4.25. The average Bonchev–Trinajstić information content (AvgIpc) is 2.05. The summed E-state index contributed by atoms with van der Waals surface area (Å²) in [5, 5.41) is 8.39. The zero-order valence-electron chi connectivity index (χ0n) is 7.03. The third kappa shape index (κ3) is 3.81. The Morgan fingerprint density at radius 2 is 2.50 bits per heavy atom. The Hall–Kier alpha value is -0.440. The highest BCUT2D eigenvalue weighted by atomic mass is 32.2. The van der Waals surface area contributed by atoms with Gasteiger partial charge in [-0.1, -0.05) is 12.2 Å². The first kappa shape index (κ1) is 9.65. The molecule has 0 aliphatic carbocycles. The molecule has 1 rings (SSSR count). The van der Waals surface area contributed by atoms with Gasteiger partial charge in [0.25, 0.3) is 0 Å². The van der Waals surface area contributed by atoms with Crippen molar-refractivity contribution < 1.29 is 9.90 Å². The molecule has 12 heavy (non-hydrogen) atoms. The van der Waals surface area contributed by atoms with E-state index < -0.39 is 5.97 Å². The number of hydrogen-bond donors (Lipinski definition) is 1. The lowest BCUT2D eigenvalue weighted by Gasteiger charge is -2.17. The van der Waals surface area contributed by atoms with Gasteiger partial charge in [0.05, 0.1) is 6.42 Å². The predicted octanol–water partition coefficient (Wildman–Crippen LogP) is 2.16. The molecule has 0 aromatic rings.